The Morgan fingerprint density at radius 2 is 1.92 bits per heavy atom. The lowest BCUT2D eigenvalue weighted by Gasteiger charge is -2.26. The van der Waals surface area contributed by atoms with Crippen molar-refractivity contribution in [2.24, 2.45) is 16.8 Å². The lowest BCUT2D eigenvalue weighted by atomic mass is 9.87. The number of guanidine groups is 1. The maximum atomic E-state index is 5.41. The fourth-order valence-electron chi connectivity index (χ4n) is 4.05. The van der Waals surface area contributed by atoms with Crippen LogP contribution < -0.4 is 5.32 Å². The van der Waals surface area contributed by atoms with Crippen LogP contribution in [-0.4, -0.2) is 74.8 Å². The number of hydrogen-bond donors (Lipinski definition) is 1. The Labute approximate surface area is 148 Å². The first-order chi connectivity index (χ1) is 11.8. The predicted octanol–water partition coefficient (Wildman–Crippen LogP) is 2.43. The third-order valence-electron chi connectivity index (χ3n) is 5.57. The van der Waals surface area contributed by atoms with E-state index in [-0.39, 0.29) is 0 Å². The first-order valence-corrected chi connectivity index (χ1v) is 10.1. The van der Waals surface area contributed by atoms with Gasteiger partial charge >= 0.3 is 0 Å². The molecule has 2 heterocycles. The molecule has 1 atom stereocenters. The molecule has 24 heavy (non-hydrogen) atoms. The molecule has 2 aliphatic heterocycles. The highest BCUT2D eigenvalue weighted by Gasteiger charge is 2.29. The molecule has 0 aromatic heterocycles. The summed E-state index contributed by atoms with van der Waals surface area (Å²) in [6.07, 6.45) is 5.08. The van der Waals surface area contributed by atoms with E-state index in [0.29, 0.717) is 0 Å². The van der Waals surface area contributed by atoms with E-state index in [2.05, 4.69) is 35.9 Å². The van der Waals surface area contributed by atoms with E-state index < -0.39 is 0 Å². The molecule has 5 heteroatoms. The third kappa shape index (κ3) is 5.92. The van der Waals surface area contributed by atoms with Gasteiger partial charge < -0.3 is 15.0 Å². The SMILES string of the molecule is CCNC(=NCCCN1CCOCC1)N1CCC(C(CC)CC)C1. The molecule has 2 rings (SSSR count). The van der Waals surface area contributed by atoms with Crippen molar-refractivity contribution in [2.75, 3.05) is 59.0 Å². The monoisotopic (exact) mass is 338 g/mol. The van der Waals surface area contributed by atoms with Crippen molar-refractivity contribution in [2.45, 2.75) is 46.5 Å². The van der Waals surface area contributed by atoms with E-state index in [1.165, 1.54) is 25.8 Å². The van der Waals surface area contributed by atoms with E-state index in [0.717, 1.165) is 76.7 Å². The van der Waals surface area contributed by atoms with Gasteiger partial charge in [0.05, 0.1) is 13.2 Å². The quantitative estimate of drug-likeness (QED) is 0.419. The Bertz CT molecular complexity index is 364. The van der Waals surface area contributed by atoms with Gasteiger partial charge in [0.15, 0.2) is 5.96 Å². The fourth-order valence-corrected chi connectivity index (χ4v) is 4.05. The Kier molecular flexibility index (Phi) is 8.89. The number of ether oxygens (including phenoxy) is 1. The van der Waals surface area contributed by atoms with Crippen LogP contribution in [0.1, 0.15) is 46.5 Å². The van der Waals surface area contributed by atoms with Crippen LogP contribution in [0.5, 0.6) is 0 Å². The van der Waals surface area contributed by atoms with E-state index in [1.807, 2.05) is 0 Å². The highest BCUT2D eigenvalue weighted by molar-refractivity contribution is 5.80. The minimum Gasteiger partial charge on any atom is -0.379 e. The van der Waals surface area contributed by atoms with Crippen LogP contribution in [0.15, 0.2) is 4.99 Å². The summed E-state index contributed by atoms with van der Waals surface area (Å²) < 4.78 is 5.41. The molecule has 2 saturated heterocycles. The van der Waals surface area contributed by atoms with Crippen LogP contribution in [0, 0.1) is 11.8 Å². The Morgan fingerprint density at radius 3 is 2.58 bits per heavy atom. The molecule has 1 N–H and O–H groups in total. The molecule has 140 valence electrons. The smallest absolute Gasteiger partial charge is 0.193 e. The summed E-state index contributed by atoms with van der Waals surface area (Å²) in [5.41, 5.74) is 0. The maximum absolute atomic E-state index is 5.41. The summed E-state index contributed by atoms with van der Waals surface area (Å²) in [4.78, 5) is 9.88. The highest BCUT2D eigenvalue weighted by atomic mass is 16.5. The summed E-state index contributed by atoms with van der Waals surface area (Å²) in [5.74, 6) is 2.85. The van der Waals surface area contributed by atoms with Crippen LogP contribution in [0.25, 0.3) is 0 Å². The van der Waals surface area contributed by atoms with Crippen LogP contribution in [0.3, 0.4) is 0 Å². The predicted molar refractivity (Wildman–Crippen MR) is 102 cm³/mol. The molecule has 2 aliphatic rings. The zero-order valence-electron chi connectivity index (χ0n) is 16.1. The summed E-state index contributed by atoms with van der Waals surface area (Å²) in [6, 6.07) is 0. The van der Waals surface area contributed by atoms with Crippen LogP contribution in [-0.2, 0) is 4.74 Å². The fraction of sp³-hybridized carbons (Fsp3) is 0.947. The van der Waals surface area contributed by atoms with E-state index in [9.17, 15) is 0 Å². The summed E-state index contributed by atoms with van der Waals surface area (Å²) in [5, 5.41) is 3.50. The van der Waals surface area contributed by atoms with Gasteiger partial charge in [0, 0.05) is 45.8 Å². The third-order valence-corrected chi connectivity index (χ3v) is 5.57. The van der Waals surface area contributed by atoms with Gasteiger partial charge in [0.1, 0.15) is 0 Å². The standard InChI is InChI=1S/C19H38N4O/c1-4-17(5-2)18-8-11-23(16-18)19(20-6-3)21-9-7-10-22-12-14-24-15-13-22/h17-18H,4-16H2,1-3H3,(H,20,21). The maximum Gasteiger partial charge on any atom is 0.193 e. The largest absolute Gasteiger partial charge is 0.379 e. The number of likely N-dealkylation sites (tertiary alicyclic amines) is 1. The summed E-state index contributed by atoms with van der Waals surface area (Å²) >= 11 is 0. The summed E-state index contributed by atoms with van der Waals surface area (Å²) in [6.45, 7) is 16.1. The Morgan fingerprint density at radius 1 is 1.17 bits per heavy atom. The normalized spacial score (nSPS) is 23.2. The van der Waals surface area contributed by atoms with Gasteiger partial charge in [0.25, 0.3) is 0 Å². The molecular weight excluding hydrogens is 300 g/mol. The number of nitrogens with zero attached hydrogens (tertiary/aromatic N) is 3. The first-order valence-electron chi connectivity index (χ1n) is 10.1. The van der Waals surface area contributed by atoms with Crippen LogP contribution in [0.2, 0.25) is 0 Å². The van der Waals surface area contributed by atoms with Gasteiger partial charge in [0.2, 0.25) is 0 Å². The van der Waals surface area contributed by atoms with Gasteiger partial charge in [-0.2, -0.15) is 0 Å². The average molecular weight is 339 g/mol. The number of hydrogen-bond acceptors (Lipinski definition) is 3. The lowest BCUT2D eigenvalue weighted by molar-refractivity contribution is 0.0377. The summed E-state index contributed by atoms with van der Waals surface area (Å²) in [7, 11) is 0. The van der Waals surface area contributed by atoms with Gasteiger partial charge in [-0.15, -0.1) is 0 Å². The van der Waals surface area contributed by atoms with Crippen molar-refractivity contribution in [1.29, 1.82) is 0 Å². The lowest BCUT2D eigenvalue weighted by Crippen LogP contribution is -2.40. The molecule has 0 bridgehead atoms. The molecular formula is C19H38N4O. The Hall–Kier alpha value is -0.810. The average Bonchev–Trinajstić information content (AvgIpc) is 3.09. The van der Waals surface area contributed by atoms with Crippen molar-refractivity contribution in [3.8, 4) is 0 Å². The van der Waals surface area contributed by atoms with Gasteiger partial charge in [-0.1, -0.05) is 26.7 Å². The molecule has 0 aliphatic carbocycles. The second kappa shape index (κ2) is 10.9. The van der Waals surface area contributed by atoms with E-state index in [1.54, 1.807) is 0 Å². The van der Waals surface area contributed by atoms with Crippen LogP contribution >= 0.6 is 0 Å². The molecule has 0 aromatic carbocycles. The minimum atomic E-state index is 0.845. The van der Waals surface area contributed by atoms with E-state index >= 15 is 0 Å². The molecule has 0 saturated carbocycles. The number of morpholine rings is 1. The topological polar surface area (TPSA) is 40.1 Å². The molecule has 0 spiro atoms. The van der Waals surface area contributed by atoms with Gasteiger partial charge in [-0.3, -0.25) is 9.89 Å². The highest BCUT2D eigenvalue weighted by Crippen LogP contribution is 2.28. The van der Waals surface area contributed by atoms with Crippen molar-refractivity contribution in [1.82, 2.24) is 15.1 Å². The van der Waals surface area contributed by atoms with E-state index in [4.69, 9.17) is 9.73 Å². The number of aliphatic imine (C=N–C) groups is 1. The molecule has 0 aromatic rings. The molecule has 1 unspecified atom stereocenters. The zero-order chi connectivity index (χ0) is 17.2. The minimum absolute atomic E-state index is 0.845. The molecule has 5 nitrogen and oxygen atoms in total. The van der Waals surface area contributed by atoms with Gasteiger partial charge in [-0.25, -0.2) is 0 Å². The number of nitrogens with one attached hydrogen (secondary N) is 1. The van der Waals surface area contributed by atoms with Gasteiger partial charge in [-0.05, 0) is 31.6 Å². The Balaban J connectivity index is 1.77. The molecule has 2 fully saturated rings. The van der Waals surface area contributed by atoms with Crippen molar-refractivity contribution in [3.63, 3.8) is 0 Å². The van der Waals surface area contributed by atoms with Crippen molar-refractivity contribution >= 4 is 5.96 Å². The van der Waals surface area contributed by atoms with Crippen LogP contribution in [0.4, 0.5) is 0 Å². The second-order valence-electron chi connectivity index (χ2n) is 7.11. The van der Waals surface area contributed by atoms with Crippen molar-refractivity contribution in [3.05, 3.63) is 0 Å². The molecule has 0 radical (unpaired) electrons. The zero-order valence-corrected chi connectivity index (χ0v) is 16.1. The molecule has 0 amide bonds. The number of rotatable bonds is 8. The van der Waals surface area contributed by atoms with Crippen molar-refractivity contribution < 1.29 is 4.74 Å². The second-order valence-corrected chi connectivity index (χ2v) is 7.11. The first kappa shape index (κ1) is 19.5.